The number of aliphatic hydroxyl groups is 1. The van der Waals surface area contributed by atoms with Crippen LogP contribution in [0.3, 0.4) is 0 Å². The van der Waals surface area contributed by atoms with Gasteiger partial charge >= 0.3 is 0 Å². The average Bonchev–Trinajstić information content (AvgIpc) is 2.64. The van der Waals surface area contributed by atoms with E-state index in [1.165, 1.54) is 5.56 Å². The van der Waals surface area contributed by atoms with Crippen molar-refractivity contribution in [2.45, 2.75) is 19.4 Å². The van der Waals surface area contributed by atoms with Gasteiger partial charge in [0.15, 0.2) is 0 Å². The predicted octanol–water partition coefficient (Wildman–Crippen LogP) is 0.888. The van der Waals surface area contributed by atoms with Crippen LogP contribution in [-0.4, -0.2) is 48.7 Å². The molecule has 1 amide bonds. The zero-order valence-corrected chi connectivity index (χ0v) is 11.0. The Labute approximate surface area is 108 Å². The molecular formula is C14H20N2O2. The number of hydrogen-bond donors (Lipinski definition) is 1. The van der Waals surface area contributed by atoms with Crippen molar-refractivity contribution in [2.75, 3.05) is 31.6 Å². The second-order valence-corrected chi connectivity index (χ2v) is 4.91. The third kappa shape index (κ3) is 2.54. The summed E-state index contributed by atoms with van der Waals surface area (Å²) in [6.07, 6.45) is 0.922. The molecule has 1 N–H and O–H groups in total. The van der Waals surface area contributed by atoms with E-state index < -0.39 is 0 Å². The normalized spacial score (nSPS) is 18.2. The number of carbonyl (C=O) groups is 1. The molecule has 4 heteroatoms. The number of likely N-dealkylation sites (N-methyl/N-ethyl adjacent to an activating group) is 1. The third-order valence-corrected chi connectivity index (χ3v) is 3.36. The van der Waals surface area contributed by atoms with Gasteiger partial charge in [0.25, 0.3) is 0 Å². The van der Waals surface area contributed by atoms with Crippen LogP contribution in [0.5, 0.6) is 0 Å². The molecule has 1 heterocycles. The fourth-order valence-corrected chi connectivity index (χ4v) is 2.50. The van der Waals surface area contributed by atoms with Crippen LogP contribution in [0, 0.1) is 0 Å². The Kier molecular flexibility index (Phi) is 3.99. The van der Waals surface area contributed by atoms with Gasteiger partial charge in [-0.3, -0.25) is 9.69 Å². The van der Waals surface area contributed by atoms with E-state index in [2.05, 4.69) is 13.0 Å². The summed E-state index contributed by atoms with van der Waals surface area (Å²) in [6.45, 7) is 3.02. The standard InChI is InChI=1S/C14H20N2O2/c1-11-9-12-5-3-4-6-13(12)16(11)14(18)10-15(2)7-8-17/h3-6,11,17H,7-10H2,1-2H3. The molecule has 0 saturated heterocycles. The quantitative estimate of drug-likeness (QED) is 0.860. The molecule has 4 nitrogen and oxygen atoms in total. The first-order chi connectivity index (χ1) is 8.63. The van der Waals surface area contributed by atoms with Gasteiger partial charge in [-0.05, 0) is 32.0 Å². The maximum absolute atomic E-state index is 12.3. The molecule has 1 aromatic rings. The Bertz CT molecular complexity index is 434. The second kappa shape index (κ2) is 5.50. The van der Waals surface area contributed by atoms with Crippen molar-refractivity contribution in [1.82, 2.24) is 4.90 Å². The average molecular weight is 248 g/mol. The van der Waals surface area contributed by atoms with Gasteiger partial charge in [0, 0.05) is 18.3 Å². The largest absolute Gasteiger partial charge is 0.395 e. The number of anilines is 1. The van der Waals surface area contributed by atoms with Crippen molar-refractivity contribution in [3.05, 3.63) is 29.8 Å². The van der Waals surface area contributed by atoms with Crippen molar-refractivity contribution in [3.8, 4) is 0 Å². The van der Waals surface area contributed by atoms with E-state index in [0.29, 0.717) is 13.1 Å². The van der Waals surface area contributed by atoms with Crippen LogP contribution < -0.4 is 4.90 Å². The molecular weight excluding hydrogens is 228 g/mol. The summed E-state index contributed by atoms with van der Waals surface area (Å²) < 4.78 is 0. The van der Waals surface area contributed by atoms with E-state index in [1.54, 1.807) is 0 Å². The molecule has 1 aliphatic rings. The Hall–Kier alpha value is -1.39. The molecule has 0 saturated carbocycles. The van der Waals surface area contributed by atoms with Gasteiger partial charge in [-0.15, -0.1) is 0 Å². The molecule has 0 fully saturated rings. The zero-order valence-electron chi connectivity index (χ0n) is 11.0. The van der Waals surface area contributed by atoms with Gasteiger partial charge in [0.2, 0.25) is 5.91 Å². The van der Waals surface area contributed by atoms with Crippen LogP contribution in [0.1, 0.15) is 12.5 Å². The first-order valence-electron chi connectivity index (χ1n) is 6.33. The molecule has 0 aliphatic carbocycles. The van der Waals surface area contributed by atoms with Gasteiger partial charge in [0.1, 0.15) is 0 Å². The first-order valence-corrected chi connectivity index (χ1v) is 6.33. The number of rotatable bonds is 4. The number of hydrogen-bond acceptors (Lipinski definition) is 3. The molecule has 1 aliphatic heterocycles. The summed E-state index contributed by atoms with van der Waals surface area (Å²) in [5.74, 6) is 0.100. The van der Waals surface area contributed by atoms with Crippen LogP contribution in [-0.2, 0) is 11.2 Å². The maximum Gasteiger partial charge on any atom is 0.241 e. The van der Waals surface area contributed by atoms with Crippen molar-refractivity contribution in [1.29, 1.82) is 0 Å². The molecule has 0 bridgehead atoms. The molecule has 98 valence electrons. The number of carbonyl (C=O) groups excluding carboxylic acids is 1. The summed E-state index contributed by atoms with van der Waals surface area (Å²) in [5.41, 5.74) is 2.27. The lowest BCUT2D eigenvalue weighted by atomic mass is 10.1. The summed E-state index contributed by atoms with van der Waals surface area (Å²) in [5, 5.41) is 8.86. The minimum absolute atomic E-state index is 0.0793. The topological polar surface area (TPSA) is 43.8 Å². The Balaban J connectivity index is 2.11. The van der Waals surface area contributed by atoms with Crippen LogP contribution in [0.4, 0.5) is 5.69 Å². The highest BCUT2D eigenvalue weighted by Crippen LogP contribution is 2.31. The second-order valence-electron chi connectivity index (χ2n) is 4.91. The fraction of sp³-hybridized carbons (Fsp3) is 0.500. The third-order valence-electron chi connectivity index (χ3n) is 3.36. The minimum Gasteiger partial charge on any atom is -0.395 e. The number of fused-ring (bicyclic) bond motifs is 1. The summed E-state index contributed by atoms with van der Waals surface area (Å²) in [6, 6.07) is 8.28. The van der Waals surface area contributed by atoms with Gasteiger partial charge < -0.3 is 10.0 Å². The lowest BCUT2D eigenvalue weighted by molar-refractivity contribution is -0.119. The smallest absolute Gasteiger partial charge is 0.241 e. The van der Waals surface area contributed by atoms with E-state index in [1.807, 2.05) is 35.0 Å². The number of aliphatic hydroxyl groups excluding tert-OH is 1. The SMILES string of the molecule is CC1Cc2ccccc2N1C(=O)CN(C)CCO. The van der Waals surface area contributed by atoms with Gasteiger partial charge in [0.05, 0.1) is 13.2 Å². The van der Waals surface area contributed by atoms with Crippen molar-refractivity contribution < 1.29 is 9.90 Å². The van der Waals surface area contributed by atoms with Crippen LogP contribution in [0.15, 0.2) is 24.3 Å². The van der Waals surface area contributed by atoms with Gasteiger partial charge in [-0.2, -0.15) is 0 Å². The highest BCUT2D eigenvalue weighted by atomic mass is 16.3. The summed E-state index contributed by atoms with van der Waals surface area (Å²) in [7, 11) is 1.85. The molecule has 1 unspecified atom stereocenters. The van der Waals surface area contributed by atoms with E-state index in [-0.39, 0.29) is 18.6 Å². The molecule has 0 radical (unpaired) electrons. The number of para-hydroxylation sites is 1. The van der Waals surface area contributed by atoms with E-state index in [4.69, 9.17) is 5.11 Å². The fourth-order valence-electron chi connectivity index (χ4n) is 2.50. The van der Waals surface area contributed by atoms with E-state index >= 15 is 0 Å². The van der Waals surface area contributed by atoms with Gasteiger partial charge in [-0.25, -0.2) is 0 Å². The zero-order chi connectivity index (χ0) is 13.1. The lowest BCUT2D eigenvalue weighted by Crippen LogP contribution is -2.42. The number of nitrogens with zero attached hydrogens (tertiary/aromatic N) is 2. The highest BCUT2D eigenvalue weighted by Gasteiger charge is 2.30. The number of amides is 1. The highest BCUT2D eigenvalue weighted by molar-refractivity contribution is 5.97. The van der Waals surface area contributed by atoms with E-state index in [0.717, 1.165) is 12.1 Å². The lowest BCUT2D eigenvalue weighted by Gasteiger charge is -2.25. The summed E-state index contributed by atoms with van der Waals surface area (Å²) >= 11 is 0. The van der Waals surface area contributed by atoms with Crippen molar-refractivity contribution in [2.24, 2.45) is 0 Å². The minimum atomic E-state index is 0.0793. The first kappa shape index (κ1) is 13.1. The van der Waals surface area contributed by atoms with E-state index in [9.17, 15) is 4.79 Å². The van der Waals surface area contributed by atoms with Crippen molar-refractivity contribution in [3.63, 3.8) is 0 Å². The number of benzene rings is 1. The molecule has 2 rings (SSSR count). The van der Waals surface area contributed by atoms with Crippen LogP contribution >= 0.6 is 0 Å². The monoisotopic (exact) mass is 248 g/mol. The molecule has 1 aromatic carbocycles. The molecule has 18 heavy (non-hydrogen) atoms. The van der Waals surface area contributed by atoms with Crippen LogP contribution in [0.25, 0.3) is 0 Å². The van der Waals surface area contributed by atoms with Crippen LogP contribution in [0.2, 0.25) is 0 Å². The van der Waals surface area contributed by atoms with Crippen molar-refractivity contribution >= 4 is 11.6 Å². The Morgan fingerprint density at radius 2 is 2.22 bits per heavy atom. The Morgan fingerprint density at radius 1 is 1.50 bits per heavy atom. The molecule has 0 spiro atoms. The predicted molar refractivity (Wildman–Crippen MR) is 71.7 cm³/mol. The Morgan fingerprint density at radius 3 is 2.94 bits per heavy atom. The summed E-state index contributed by atoms with van der Waals surface area (Å²) in [4.78, 5) is 16.0. The maximum atomic E-state index is 12.3. The molecule has 1 atom stereocenters. The molecule has 0 aromatic heterocycles. The van der Waals surface area contributed by atoms with Gasteiger partial charge in [-0.1, -0.05) is 18.2 Å².